The fourth-order valence-corrected chi connectivity index (χ4v) is 2.67. The average molecular weight is 308 g/mol. The number of furan rings is 1. The summed E-state index contributed by atoms with van der Waals surface area (Å²) in [4.78, 5) is 6.73. The van der Waals surface area contributed by atoms with Crippen LogP contribution < -0.4 is 10.6 Å². The van der Waals surface area contributed by atoms with Gasteiger partial charge >= 0.3 is 0 Å². The van der Waals surface area contributed by atoms with Gasteiger partial charge in [-0.1, -0.05) is 0 Å². The highest BCUT2D eigenvalue weighted by atomic mass is 16.3. The van der Waals surface area contributed by atoms with Crippen molar-refractivity contribution in [3.8, 4) is 0 Å². The molecule has 0 aliphatic rings. The molecule has 0 aliphatic heterocycles. The van der Waals surface area contributed by atoms with Gasteiger partial charge in [-0.2, -0.15) is 0 Å². The van der Waals surface area contributed by atoms with Crippen molar-refractivity contribution in [3.63, 3.8) is 0 Å². The number of nitrogens with one attached hydrogen (secondary N) is 2. The van der Waals surface area contributed by atoms with Gasteiger partial charge < -0.3 is 15.1 Å². The lowest BCUT2D eigenvalue weighted by Gasteiger charge is -2.30. The molecule has 0 aliphatic carbocycles. The molecule has 5 heteroatoms. The van der Waals surface area contributed by atoms with Gasteiger partial charge in [0.05, 0.1) is 0 Å². The Kier molecular flexibility index (Phi) is 7.45. The monoisotopic (exact) mass is 308 g/mol. The molecule has 126 valence electrons. The maximum Gasteiger partial charge on any atom is 0.191 e. The number of rotatable bonds is 7. The van der Waals surface area contributed by atoms with Gasteiger partial charge in [-0.05, 0) is 47.6 Å². The van der Waals surface area contributed by atoms with Gasteiger partial charge in [-0.15, -0.1) is 0 Å². The molecule has 0 radical (unpaired) electrons. The van der Waals surface area contributed by atoms with Crippen LogP contribution in [0.2, 0.25) is 0 Å². The third-order valence-corrected chi connectivity index (χ3v) is 3.80. The number of aryl methyl sites for hydroxylation is 2. The van der Waals surface area contributed by atoms with E-state index in [2.05, 4.69) is 54.3 Å². The standard InChI is InChI=1S/C17H32N4O/c1-12(2)21(13(3)4)9-8-19-17(18-7)20-11-16-10-14(5)22-15(16)6/h10,12-13H,8-9,11H2,1-7H3,(H2,18,19,20). The van der Waals surface area contributed by atoms with Gasteiger partial charge in [0.2, 0.25) is 0 Å². The molecule has 0 aromatic carbocycles. The molecule has 1 aromatic heterocycles. The van der Waals surface area contributed by atoms with E-state index in [-0.39, 0.29) is 0 Å². The third kappa shape index (κ3) is 5.72. The summed E-state index contributed by atoms with van der Waals surface area (Å²) in [7, 11) is 1.80. The molecule has 0 unspecified atom stereocenters. The first-order valence-corrected chi connectivity index (χ1v) is 8.11. The summed E-state index contributed by atoms with van der Waals surface area (Å²) >= 11 is 0. The van der Waals surface area contributed by atoms with Gasteiger partial charge in [0.15, 0.2) is 5.96 Å². The van der Waals surface area contributed by atoms with Crippen LogP contribution in [0.3, 0.4) is 0 Å². The van der Waals surface area contributed by atoms with E-state index in [0.717, 1.165) is 37.1 Å². The Morgan fingerprint density at radius 3 is 2.27 bits per heavy atom. The Morgan fingerprint density at radius 2 is 1.82 bits per heavy atom. The topological polar surface area (TPSA) is 52.8 Å². The van der Waals surface area contributed by atoms with Gasteiger partial charge in [0.25, 0.3) is 0 Å². The summed E-state index contributed by atoms with van der Waals surface area (Å²) in [6.45, 7) is 15.5. The number of hydrogen-bond donors (Lipinski definition) is 2. The van der Waals surface area contributed by atoms with Crippen LogP contribution >= 0.6 is 0 Å². The summed E-state index contributed by atoms with van der Waals surface area (Å²) in [6.07, 6.45) is 0. The molecule has 0 atom stereocenters. The van der Waals surface area contributed by atoms with Crippen molar-refractivity contribution >= 4 is 5.96 Å². The predicted octanol–water partition coefficient (Wildman–Crippen LogP) is 2.68. The summed E-state index contributed by atoms with van der Waals surface area (Å²) < 4.78 is 5.54. The Labute approximate surface area is 135 Å². The van der Waals surface area contributed by atoms with Gasteiger partial charge in [-0.3, -0.25) is 9.89 Å². The highest BCUT2D eigenvalue weighted by Gasteiger charge is 2.12. The minimum absolute atomic E-state index is 0.549. The zero-order chi connectivity index (χ0) is 16.7. The van der Waals surface area contributed by atoms with E-state index in [9.17, 15) is 0 Å². The van der Waals surface area contributed by atoms with Crippen molar-refractivity contribution in [2.24, 2.45) is 4.99 Å². The van der Waals surface area contributed by atoms with Crippen LogP contribution in [0.4, 0.5) is 0 Å². The van der Waals surface area contributed by atoms with Crippen LogP contribution in [-0.2, 0) is 6.54 Å². The van der Waals surface area contributed by atoms with Crippen molar-refractivity contribution in [1.29, 1.82) is 0 Å². The van der Waals surface area contributed by atoms with Gasteiger partial charge in [-0.25, -0.2) is 0 Å². The highest BCUT2D eigenvalue weighted by molar-refractivity contribution is 5.79. The minimum Gasteiger partial charge on any atom is -0.466 e. The molecular weight excluding hydrogens is 276 g/mol. The normalized spacial score (nSPS) is 12.5. The first-order chi connectivity index (χ1) is 10.3. The summed E-state index contributed by atoms with van der Waals surface area (Å²) in [5.74, 6) is 2.73. The van der Waals surface area contributed by atoms with E-state index in [1.54, 1.807) is 7.05 Å². The van der Waals surface area contributed by atoms with Crippen molar-refractivity contribution in [3.05, 3.63) is 23.2 Å². The van der Waals surface area contributed by atoms with Crippen molar-refractivity contribution in [2.75, 3.05) is 20.1 Å². The molecule has 0 fully saturated rings. The van der Waals surface area contributed by atoms with Crippen LogP contribution in [0.5, 0.6) is 0 Å². The van der Waals surface area contributed by atoms with E-state index in [1.807, 2.05) is 13.8 Å². The van der Waals surface area contributed by atoms with Crippen molar-refractivity contribution in [2.45, 2.75) is 60.2 Å². The lowest BCUT2D eigenvalue weighted by molar-refractivity contribution is 0.178. The third-order valence-electron chi connectivity index (χ3n) is 3.80. The molecule has 22 heavy (non-hydrogen) atoms. The Bertz CT molecular complexity index is 469. The number of nitrogens with zero attached hydrogens (tertiary/aromatic N) is 2. The van der Waals surface area contributed by atoms with Crippen LogP contribution in [-0.4, -0.2) is 43.1 Å². The number of guanidine groups is 1. The maximum absolute atomic E-state index is 5.54. The SMILES string of the molecule is CN=C(NCCN(C(C)C)C(C)C)NCc1cc(C)oc1C. The first kappa shape index (κ1) is 18.6. The van der Waals surface area contributed by atoms with E-state index < -0.39 is 0 Å². The minimum atomic E-state index is 0.549. The van der Waals surface area contributed by atoms with E-state index in [4.69, 9.17) is 4.42 Å². The van der Waals surface area contributed by atoms with Crippen molar-refractivity contribution in [1.82, 2.24) is 15.5 Å². The van der Waals surface area contributed by atoms with Crippen LogP contribution in [0.1, 0.15) is 44.8 Å². The molecular formula is C17H32N4O. The highest BCUT2D eigenvalue weighted by Crippen LogP contribution is 2.12. The second-order valence-corrected chi connectivity index (χ2v) is 6.22. The number of hydrogen-bond acceptors (Lipinski definition) is 3. The van der Waals surface area contributed by atoms with Gasteiger partial charge in [0, 0.05) is 44.3 Å². The first-order valence-electron chi connectivity index (χ1n) is 8.11. The summed E-state index contributed by atoms with van der Waals surface area (Å²) in [5.41, 5.74) is 1.17. The lowest BCUT2D eigenvalue weighted by atomic mass is 10.2. The molecule has 1 aromatic rings. The average Bonchev–Trinajstić information content (AvgIpc) is 2.75. The van der Waals surface area contributed by atoms with Crippen LogP contribution in [0, 0.1) is 13.8 Å². The second-order valence-electron chi connectivity index (χ2n) is 6.22. The second kappa shape index (κ2) is 8.83. The number of aliphatic imine (C=N–C) groups is 1. The smallest absolute Gasteiger partial charge is 0.191 e. The lowest BCUT2D eigenvalue weighted by Crippen LogP contribution is -2.45. The Hall–Kier alpha value is -1.49. The van der Waals surface area contributed by atoms with Crippen LogP contribution in [0.25, 0.3) is 0 Å². The molecule has 2 N–H and O–H groups in total. The van der Waals surface area contributed by atoms with E-state index in [0.29, 0.717) is 12.1 Å². The quantitative estimate of drug-likeness (QED) is 0.601. The maximum atomic E-state index is 5.54. The molecule has 0 bridgehead atoms. The fraction of sp³-hybridized carbons (Fsp3) is 0.706. The largest absolute Gasteiger partial charge is 0.466 e. The summed E-state index contributed by atoms with van der Waals surface area (Å²) in [6, 6.07) is 3.16. The van der Waals surface area contributed by atoms with Crippen LogP contribution in [0.15, 0.2) is 15.5 Å². The zero-order valence-corrected chi connectivity index (χ0v) is 15.2. The predicted molar refractivity (Wildman–Crippen MR) is 93.4 cm³/mol. The van der Waals surface area contributed by atoms with E-state index >= 15 is 0 Å². The fourth-order valence-electron chi connectivity index (χ4n) is 2.67. The van der Waals surface area contributed by atoms with Crippen molar-refractivity contribution < 1.29 is 4.42 Å². The molecule has 1 heterocycles. The zero-order valence-electron chi connectivity index (χ0n) is 15.2. The molecule has 0 saturated heterocycles. The summed E-state index contributed by atoms with van der Waals surface area (Å²) in [5, 5.41) is 6.71. The molecule has 0 saturated carbocycles. The van der Waals surface area contributed by atoms with Gasteiger partial charge in [0.1, 0.15) is 11.5 Å². The Morgan fingerprint density at radius 1 is 1.18 bits per heavy atom. The Balaban J connectivity index is 2.41. The molecule has 0 amide bonds. The molecule has 1 rings (SSSR count). The van der Waals surface area contributed by atoms with E-state index in [1.165, 1.54) is 5.56 Å². The molecule has 5 nitrogen and oxygen atoms in total. The molecule has 0 spiro atoms.